The second-order valence-corrected chi connectivity index (χ2v) is 8.68. The predicted octanol–water partition coefficient (Wildman–Crippen LogP) is 6.75. The van der Waals surface area contributed by atoms with Crippen LogP contribution in [0.25, 0.3) is 0 Å². The minimum atomic E-state index is -0.211. The van der Waals surface area contributed by atoms with Gasteiger partial charge in [0.25, 0.3) is 5.91 Å². The zero-order valence-electron chi connectivity index (χ0n) is 17.9. The van der Waals surface area contributed by atoms with E-state index < -0.39 is 0 Å². The summed E-state index contributed by atoms with van der Waals surface area (Å²) in [5, 5.41) is 2.93. The average molecular weight is 482 g/mol. The highest BCUT2D eigenvalue weighted by Crippen LogP contribution is 2.25. The van der Waals surface area contributed by atoms with Crippen LogP contribution in [0.2, 0.25) is 0 Å². The number of hydrogen-bond acceptors (Lipinski definition) is 3. The molecule has 3 rings (SSSR count). The van der Waals surface area contributed by atoms with Crippen LogP contribution >= 0.6 is 15.9 Å². The third kappa shape index (κ3) is 7.44. The fraction of sp³-hybridized carbons (Fsp3) is 0.269. The smallest absolute Gasteiger partial charge is 0.259 e. The number of benzene rings is 3. The largest absolute Gasteiger partial charge is 0.494 e. The molecule has 0 unspecified atom stereocenters. The fourth-order valence-corrected chi connectivity index (χ4v) is 3.37. The third-order valence-electron chi connectivity index (χ3n) is 4.59. The van der Waals surface area contributed by atoms with Crippen molar-refractivity contribution in [3.8, 4) is 11.5 Å². The molecule has 3 aromatic rings. The Kier molecular flexibility index (Phi) is 8.53. The standard InChI is InChI=1S/C26H28BrNO3/c1-19(2)18-31-25-15-10-21(27)17-24(25)26(29)28-22-11-13-23(14-12-22)30-16-6-9-20-7-4-3-5-8-20/h3-5,7-8,10-15,17,19H,6,9,16,18H2,1-2H3,(H,28,29). The Labute approximate surface area is 192 Å². The zero-order chi connectivity index (χ0) is 22.1. The normalized spacial score (nSPS) is 10.7. The molecule has 0 aliphatic carbocycles. The van der Waals surface area contributed by atoms with Crippen molar-refractivity contribution in [1.82, 2.24) is 0 Å². The summed E-state index contributed by atoms with van der Waals surface area (Å²) in [5.41, 5.74) is 2.51. The van der Waals surface area contributed by atoms with Crippen LogP contribution in [0, 0.1) is 5.92 Å². The second-order valence-electron chi connectivity index (χ2n) is 7.76. The highest BCUT2D eigenvalue weighted by atomic mass is 79.9. The van der Waals surface area contributed by atoms with Crippen LogP contribution in [0.3, 0.4) is 0 Å². The molecule has 0 aromatic heterocycles. The van der Waals surface area contributed by atoms with Gasteiger partial charge < -0.3 is 14.8 Å². The number of nitrogens with one attached hydrogen (secondary N) is 1. The molecular weight excluding hydrogens is 454 g/mol. The minimum Gasteiger partial charge on any atom is -0.494 e. The lowest BCUT2D eigenvalue weighted by Gasteiger charge is -2.14. The van der Waals surface area contributed by atoms with Crippen LogP contribution in [0.4, 0.5) is 5.69 Å². The van der Waals surface area contributed by atoms with E-state index >= 15 is 0 Å². The van der Waals surface area contributed by atoms with Gasteiger partial charge in [0.2, 0.25) is 0 Å². The number of amides is 1. The lowest BCUT2D eigenvalue weighted by atomic mass is 10.1. The number of ether oxygens (including phenoxy) is 2. The first-order chi connectivity index (χ1) is 15.0. The van der Waals surface area contributed by atoms with E-state index in [-0.39, 0.29) is 5.91 Å². The molecule has 1 amide bonds. The van der Waals surface area contributed by atoms with E-state index in [4.69, 9.17) is 9.47 Å². The maximum absolute atomic E-state index is 12.8. The van der Waals surface area contributed by atoms with Gasteiger partial charge in [-0.2, -0.15) is 0 Å². The summed E-state index contributed by atoms with van der Waals surface area (Å²) in [6, 6.07) is 23.3. The highest BCUT2D eigenvalue weighted by molar-refractivity contribution is 9.10. The Morgan fingerprint density at radius 2 is 1.71 bits per heavy atom. The minimum absolute atomic E-state index is 0.211. The molecule has 0 saturated carbocycles. The van der Waals surface area contributed by atoms with Gasteiger partial charge in [0.15, 0.2) is 0 Å². The molecule has 0 aliphatic rings. The third-order valence-corrected chi connectivity index (χ3v) is 5.09. The molecular formula is C26H28BrNO3. The molecule has 0 saturated heterocycles. The molecule has 1 N–H and O–H groups in total. The number of halogens is 1. The van der Waals surface area contributed by atoms with Crippen molar-refractivity contribution in [2.45, 2.75) is 26.7 Å². The Balaban J connectivity index is 1.53. The first kappa shape index (κ1) is 22.9. The summed E-state index contributed by atoms with van der Waals surface area (Å²) < 4.78 is 12.5. The van der Waals surface area contributed by atoms with Crippen molar-refractivity contribution in [1.29, 1.82) is 0 Å². The lowest BCUT2D eigenvalue weighted by Crippen LogP contribution is -2.15. The topological polar surface area (TPSA) is 47.6 Å². The zero-order valence-corrected chi connectivity index (χ0v) is 19.5. The number of hydrogen-bond donors (Lipinski definition) is 1. The maximum Gasteiger partial charge on any atom is 0.259 e. The van der Waals surface area contributed by atoms with Gasteiger partial charge in [0.1, 0.15) is 11.5 Å². The predicted molar refractivity (Wildman–Crippen MR) is 129 cm³/mol. The lowest BCUT2D eigenvalue weighted by molar-refractivity contribution is 0.102. The summed E-state index contributed by atoms with van der Waals surface area (Å²) in [7, 11) is 0. The molecule has 31 heavy (non-hydrogen) atoms. The van der Waals surface area contributed by atoms with Crippen molar-refractivity contribution in [3.05, 3.63) is 88.4 Å². The van der Waals surface area contributed by atoms with Crippen molar-refractivity contribution >= 4 is 27.5 Å². The SMILES string of the molecule is CC(C)COc1ccc(Br)cc1C(=O)Nc1ccc(OCCCc2ccccc2)cc1. The van der Waals surface area contributed by atoms with Gasteiger partial charge in [-0.3, -0.25) is 4.79 Å². The maximum atomic E-state index is 12.8. The molecule has 3 aromatic carbocycles. The second kappa shape index (κ2) is 11.6. The first-order valence-corrected chi connectivity index (χ1v) is 11.3. The van der Waals surface area contributed by atoms with Gasteiger partial charge in [0, 0.05) is 10.2 Å². The summed E-state index contributed by atoms with van der Waals surface area (Å²) in [6.45, 7) is 5.35. The molecule has 162 valence electrons. The van der Waals surface area contributed by atoms with Gasteiger partial charge >= 0.3 is 0 Å². The van der Waals surface area contributed by atoms with Crippen molar-refractivity contribution in [2.75, 3.05) is 18.5 Å². The van der Waals surface area contributed by atoms with E-state index in [0.717, 1.165) is 23.1 Å². The first-order valence-electron chi connectivity index (χ1n) is 10.5. The van der Waals surface area contributed by atoms with Crippen LogP contribution in [-0.2, 0) is 6.42 Å². The van der Waals surface area contributed by atoms with Crippen LogP contribution < -0.4 is 14.8 Å². The number of carbonyl (C=O) groups excluding carboxylic acids is 1. The molecule has 0 radical (unpaired) electrons. The van der Waals surface area contributed by atoms with E-state index in [1.54, 1.807) is 6.07 Å². The number of aryl methyl sites for hydroxylation is 1. The van der Waals surface area contributed by atoms with E-state index in [2.05, 4.69) is 59.4 Å². The molecule has 0 aliphatic heterocycles. The molecule has 4 nitrogen and oxygen atoms in total. The van der Waals surface area contributed by atoms with Gasteiger partial charge in [-0.25, -0.2) is 0 Å². The van der Waals surface area contributed by atoms with Crippen LogP contribution in [0.15, 0.2) is 77.3 Å². The van der Waals surface area contributed by atoms with Gasteiger partial charge in [-0.1, -0.05) is 60.1 Å². The van der Waals surface area contributed by atoms with Gasteiger partial charge in [0.05, 0.1) is 18.8 Å². The van der Waals surface area contributed by atoms with Crippen LogP contribution in [0.1, 0.15) is 36.2 Å². The van der Waals surface area contributed by atoms with E-state index in [0.29, 0.717) is 36.1 Å². The van der Waals surface area contributed by atoms with Crippen LogP contribution in [-0.4, -0.2) is 19.1 Å². The molecule has 0 atom stereocenters. The quantitative estimate of drug-likeness (QED) is 0.325. The average Bonchev–Trinajstić information content (AvgIpc) is 2.77. The number of carbonyl (C=O) groups is 1. The monoisotopic (exact) mass is 481 g/mol. The summed E-state index contributed by atoms with van der Waals surface area (Å²) >= 11 is 3.43. The Bertz CT molecular complexity index is 972. The summed E-state index contributed by atoms with van der Waals surface area (Å²) in [6.07, 6.45) is 1.94. The molecule has 0 fully saturated rings. The van der Waals surface area contributed by atoms with E-state index in [1.807, 2.05) is 42.5 Å². The van der Waals surface area contributed by atoms with Crippen LogP contribution in [0.5, 0.6) is 11.5 Å². The summed E-state index contributed by atoms with van der Waals surface area (Å²) in [4.78, 5) is 12.8. The number of rotatable bonds is 10. The van der Waals surface area contributed by atoms with E-state index in [9.17, 15) is 4.79 Å². The van der Waals surface area contributed by atoms with E-state index in [1.165, 1.54) is 5.56 Å². The molecule has 0 heterocycles. The van der Waals surface area contributed by atoms with Crippen molar-refractivity contribution in [2.24, 2.45) is 5.92 Å². The Hall–Kier alpha value is -2.79. The molecule has 5 heteroatoms. The molecule has 0 bridgehead atoms. The Morgan fingerprint density at radius 1 is 0.968 bits per heavy atom. The molecule has 0 spiro atoms. The summed E-state index contributed by atoms with van der Waals surface area (Å²) in [5.74, 6) is 1.53. The van der Waals surface area contributed by atoms with Crippen molar-refractivity contribution in [3.63, 3.8) is 0 Å². The highest BCUT2D eigenvalue weighted by Gasteiger charge is 2.14. The fourth-order valence-electron chi connectivity index (χ4n) is 3.01. The van der Waals surface area contributed by atoms with Crippen molar-refractivity contribution < 1.29 is 14.3 Å². The van der Waals surface area contributed by atoms with Gasteiger partial charge in [-0.05, 0) is 66.8 Å². The Morgan fingerprint density at radius 3 is 2.42 bits per heavy atom. The number of anilines is 1. The van der Waals surface area contributed by atoms with Gasteiger partial charge in [-0.15, -0.1) is 0 Å².